The first-order valence-corrected chi connectivity index (χ1v) is 6.65. The zero-order valence-corrected chi connectivity index (χ0v) is 11.9. The molecule has 0 saturated heterocycles. The highest BCUT2D eigenvalue weighted by Crippen LogP contribution is 2.20. The molecule has 18 heavy (non-hydrogen) atoms. The van der Waals surface area contributed by atoms with Crippen LogP contribution in [0.3, 0.4) is 0 Å². The Morgan fingerprint density at radius 2 is 1.72 bits per heavy atom. The summed E-state index contributed by atoms with van der Waals surface area (Å²) in [6.45, 7) is 6.16. The third-order valence-electron chi connectivity index (χ3n) is 2.74. The van der Waals surface area contributed by atoms with E-state index in [9.17, 15) is 4.79 Å². The Bertz CT molecular complexity index is 294. The van der Waals surface area contributed by atoms with Crippen LogP contribution in [0, 0.1) is 0 Å². The van der Waals surface area contributed by atoms with E-state index in [4.69, 9.17) is 9.47 Å². The third-order valence-corrected chi connectivity index (χ3v) is 2.74. The van der Waals surface area contributed by atoms with Crippen LogP contribution >= 0.6 is 0 Å². The SMILES string of the molecule is CNC(=O)OC1/C=C/C(OC(C)(C)C)CCCC1. The van der Waals surface area contributed by atoms with Crippen LogP contribution < -0.4 is 5.32 Å². The standard InChI is InChI=1S/C14H25NO3/c1-14(2,3)18-12-8-6-5-7-11(9-10-12)17-13(16)15-4/h9-12H,5-8H2,1-4H3,(H,15,16)/b10-9+. The zero-order chi connectivity index (χ0) is 13.6. The van der Waals surface area contributed by atoms with Gasteiger partial charge < -0.3 is 14.8 Å². The highest BCUT2D eigenvalue weighted by atomic mass is 16.6. The molecule has 0 aromatic carbocycles. The average molecular weight is 255 g/mol. The first-order valence-electron chi connectivity index (χ1n) is 6.65. The molecule has 0 bridgehead atoms. The molecule has 1 amide bonds. The Labute approximate surface area is 110 Å². The van der Waals surface area contributed by atoms with Crippen molar-refractivity contribution >= 4 is 6.09 Å². The second-order valence-electron chi connectivity index (χ2n) is 5.63. The Hall–Kier alpha value is -1.03. The molecule has 0 aromatic heterocycles. The maximum absolute atomic E-state index is 11.2. The summed E-state index contributed by atoms with van der Waals surface area (Å²) >= 11 is 0. The summed E-state index contributed by atoms with van der Waals surface area (Å²) in [7, 11) is 1.57. The molecular formula is C14H25NO3. The summed E-state index contributed by atoms with van der Waals surface area (Å²) in [5.74, 6) is 0. The van der Waals surface area contributed by atoms with Gasteiger partial charge in [0.25, 0.3) is 0 Å². The first kappa shape index (κ1) is 15.0. The fraction of sp³-hybridized carbons (Fsp3) is 0.786. The van der Waals surface area contributed by atoms with Crippen molar-refractivity contribution in [2.24, 2.45) is 0 Å². The van der Waals surface area contributed by atoms with E-state index in [1.54, 1.807) is 7.05 Å². The predicted molar refractivity (Wildman–Crippen MR) is 71.6 cm³/mol. The van der Waals surface area contributed by atoms with E-state index in [1.807, 2.05) is 12.2 Å². The monoisotopic (exact) mass is 255 g/mol. The number of amides is 1. The minimum atomic E-state index is -0.376. The molecule has 0 aromatic rings. The lowest BCUT2D eigenvalue weighted by atomic mass is 10.0. The van der Waals surface area contributed by atoms with Gasteiger partial charge in [-0.15, -0.1) is 0 Å². The molecule has 0 radical (unpaired) electrons. The number of rotatable bonds is 2. The molecule has 4 nitrogen and oxygen atoms in total. The summed E-state index contributed by atoms with van der Waals surface area (Å²) in [5.41, 5.74) is -0.147. The first-order chi connectivity index (χ1) is 8.40. The van der Waals surface area contributed by atoms with E-state index >= 15 is 0 Å². The van der Waals surface area contributed by atoms with Crippen molar-refractivity contribution in [2.75, 3.05) is 7.05 Å². The second-order valence-corrected chi connectivity index (χ2v) is 5.63. The van der Waals surface area contributed by atoms with Crippen LogP contribution in [0.2, 0.25) is 0 Å². The van der Waals surface area contributed by atoms with E-state index in [-0.39, 0.29) is 23.9 Å². The summed E-state index contributed by atoms with van der Waals surface area (Å²) in [6.07, 6.45) is 7.63. The van der Waals surface area contributed by atoms with Crippen LogP contribution in [0.15, 0.2) is 12.2 Å². The van der Waals surface area contributed by atoms with Crippen LogP contribution in [0.25, 0.3) is 0 Å². The van der Waals surface area contributed by atoms with Gasteiger partial charge in [-0.1, -0.05) is 12.5 Å². The minimum absolute atomic E-state index is 0.112. The van der Waals surface area contributed by atoms with E-state index in [0.29, 0.717) is 0 Å². The third kappa shape index (κ3) is 6.05. The number of carbonyl (C=O) groups excluding carboxylic acids is 1. The van der Waals surface area contributed by atoms with Crippen LogP contribution in [-0.4, -0.2) is 30.9 Å². The molecule has 1 N–H and O–H groups in total. The Morgan fingerprint density at radius 3 is 2.28 bits per heavy atom. The molecule has 2 unspecified atom stereocenters. The lowest BCUT2D eigenvalue weighted by Gasteiger charge is -2.27. The van der Waals surface area contributed by atoms with Crippen molar-refractivity contribution in [3.63, 3.8) is 0 Å². The molecule has 1 aliphatic carbocycles. The smallest absolute Gasteiger partial charge is 0.407 e. The molecule has 2 atom stereocenters. The van der Waals surface area contributed by atoms with Crippen molar-refractivity contribution in [2.45, 2.75) is 64.3 Å². The highest BCUT2D eigenvalue weighted by Gasteiger charge is 2.19. The maximum atomic E-state index is 11.2. The van der Waals surface area contributed by atoms with Gasteiger partial charge in [0, 0.05) is 7.05 Å². The molecular weight excluding hydrogens is 230 g/mol. The Balaban J connectivity index is 2.56. The Kier molecular flexibility index (Phi) is 5.66. The fourth-order valence-electron chi connectivity index (χ4n) is 1.98. The van der Waals surface area contributed by atoms with Gasteiger partial charge in [-0.25, -0.2) is 4.79 Å². The van der Waals surface area contributed by atoms with Gasteiger partial charge in [-0.2, -0.15) is 0 Å². The van der Waals surface area contributed by atoms with Crippen molar-refractivity contribution < 1.29 is 14.3 Å². The van der Waals surface area contributed by atoms with Crippen LogP contribution in [0.4, 0.5) is 4.79 Å². The summed E-state index contributed by atoms with van der Waals surface area (Å²) in [5, 5.41) is 2.47. The van der Waals surface area contributed by atoms with Crippen LogP contribution in [0.5, 0.6) is 0 Å². The highest BCUT2D eigenvalue weighted by molar-refractivity contribution is 5.67. The van der Waals surface area contributed by atoms with E-state index in [0.717, 1.165) is 25.7 Å². The minimum Gasteiger partial charge on any atom is -0.442 e. The van der Waals surface area contributed by atoms with E-state index < -0.39 is 0 Å². The lowest BCUT2D eigenvalue weighted by Crippen LogP contribution is -2.29. The van der Waals surface area contributed by atoms with Crippen molar-refractivity contribution in [1.29, 1.82) is 0 Å². The molecule has 1 rings (SSSR count). The lowest BCUT2D eigenvalue weighted by molar-refractivity contribution is -0.0431. The van der Waals surface area contributed by atoms with Gasteiger partial charge in [0.05, 0.1) is 11.7 Å². The van der Waals surface area contributed by atoms with Gasteiger partial charge >= 0.3 is 6.09 Å². The molecule has 0 fully saturated rings. The van der Waals surface area contributed by atoms with Gasteiger partial charge in [-0.05, 0) is 46.1 Å². The molecule has 0 heterocycles. The topological polar surface area (TPSA) is 47.6 Å². The van der Waals surface area contributed by atoms with Gasteiger partial charge in [0.1, 0.15) is 6.10 Å². The number of ether oxygens (including phenoxy) is 2. The van der Waals surface area contributed by atoms with Crippen molar-refractivity contribution in [3.8, 4) is 0 Å². The maximum Gasteiger partial charge on any atom is 0.407 e. The van der Waals surface area contributed by atoms with Gasteiger partial charge in [-0.3, -0.25) is 0 Å². The summed E-state index contributed by atoms with van der Waals surface area (Å²) in [6, 6.07) is 0. The van der Waals surface area contributed by atoms with E-state index in [2.05, 4.69) is 26.1 Å². The number of carbonyl (C=O) groups is 1. The molecule has 104 valence electrons. The number of hydrogen-bond acceptors (Lipinski definition) is 3. The van der Waals surface area contributed by atoms with Gasteiger partial charge in [0.2, 0.25) is 0 Å². The molecule has 1 aliphatic rings. The molecule has 0 aliphatic heterocycles. The zero-order valence-electron chi connectivity index (χ0n) is 11.9. The molecule has 0 saturated carbocycles. The van der Waals surface area contributed by atoms with Crippen LogP contribution in [-0.2, 0) is 9.47 Å². The van der Waals surface area contributed by atoms with E-state index in [1.165, 1.54) is 0 Å². The number of hydrogen-bond donors (Lipinski definition) is 1. The second kappa shape index (κ2) is 6.78. The normalized spacial score (nSPS) is 26.9. The number of nitrogens with one attached hydrogen (secondary N) is 1. The quantitative estimate of drug-likeness (QED) is 0.771. The fourth-order valence-corrected chi connectivity index (χ4v) is 1.98. The predicted octanol–water partition coefficient (Wildman–Crippen LogP) is 3.02. The Morgan fingerprint density at radius 1 is 1.17 bits per heavy atom. The average Bonchev–Trinajstić information content (AvgIpc) is 2.25. The molecule has 0 spiro atoms. The number of alkyl carbamates (subject to hydrolysis) is 1. The summed E-state index contributed by atoms with van der Waals surface area (Å²) < 4.78 is 11.2. The molecule has 4 heteroatoms. The largest absolute Gasteiger partial charge is 0.442 e. The summed E-state index contributed by atoms with van der Waals surface area (Å²) in [4.78, 5) is 11.2. The van der Waals surface area contributed by atoms with Gasteiger partial charge in [0.15, 0.2) is 0 Å². The van der Waals surface area contributed by atoms with Crippen molar-refractivity contribution in [3.05, 3.63) is 12.2 Å². The van der Waals surface area contributed by atoms with Crippen LogP contribution in [0.1, 0.15) is 46.5 Å². The van der Waals surface area contributed by atoms with Crippen molar-refractivity contribution in [1.82, 2.24) is 5.32 Å².